The van der Waals surface area contributed by atoms with Crippen LogP contribution >= 0.6 is 0 Å². The summed E-state index contributed by atoms with van der Waals surface area (Å²) in [4.78, 5) is 13.7. The Morgan fingerprint density at radius 2 is 1.95 bits per heavy atom. The van der Waals surface area contributed by atoms with E-state index in [1.54, 1.807) is 20.8 Å². The topological polar surface area (TPSA) is 77.5 Å². The predicted molar refractivity (Wildman–Crippen MR) is 69.2 cm³/mol. The molecule has 20 heavy (non-hydrogen) atoms. The standard InChI is InChI=1S/C13H23NO6/c1-12(2,3)20-11(16)14-6-8(15)9-10(14)13(17-4,18-5)7-19-9/h8-10,15H,6-7H2,1-5H3/t8?,9?,10-/m1/s1. The number of hydrogen-bond acceptors (Lipinski definition) is 6. The molecule has 2 heterocycles. The lowest BCUT2D eigenvalue weighted by atomic mass is 10.0. The predicted octanol–water partition coefficient (Wildman–Crippen LogP) is 0.355. The van der Waals surface area contributed by atoms with Gasteiger partial charge in [0.05, 0.1) is 6.54 Å². The molecule has 0 bridgehead atoms. The van der Waals surface area contributed by atoms with E-state index in [1.165, 1.54) is 19.1 Å². The zero-order valence-electron chi connectivity index (χ0n) is 12.6. The number of carbonyl (C=O) groups excluding carboxylic acids is 1. The largest absolute Gasteiger partial charge is 0.444 e. The van der Waals surface area contributed by atoms with E-state index in [4.69, 9.17) is 18.9 Å². The number of hydrogen-bond donors (Lipinski definition) is 1. The van der Waals surface area contributed by atoms with Crippen molar-refractivity contribution in [2.24, 2.45) is 0 Å². The van der Waals surface area contributed by atoms with E-state index >= 15 is 0 Å². The van der Waals surface area contributed by atoms with Crippen LogP contribution in [-0.4, -0.2) is 73.1 Å². The van der Waals surface area contributed by atoms with Crippen LogP contribution in [0.25, 0.3) is 0 Å². The molecule has 0 aromatic carbocycles. The Balaban J connectivity index is 2.23. The number of ether oxygens (including phenoxy) is 4. The highest BCUT2D eigenvalue weighted by Gasteiger charge is 2.62. The van der Waals surface area contributed by atoms with E-state index in [0.717, 1.165) is 0 Å². The first-order valence-corrected chi connectivity index (χ1v) is 6.63. The molecule has 2 fully saturated rings. The van der Waals surface area contributed by atoms with Crippen molar-refractivity contribution >= 4 is 6.09 Å². The minimum absolute atomic E-state index is 0.138. The van der Waals surface area contributed by atoms with Crippen LogP contribution in [-0.2, 0) is 18.9 Å². The summed E-state index contributed by atoms with van der Waals surface area (Å²) in [6.07, 6.45) is -1.81. The number of aliphatic hydroxyl groups excluding tert-OH is 1. The van der Waals surface area contributed by atoms with E-state index in [9.17, 15) is 9.90 Å². The number of rotatable bonds is 2. The van der Waals surface area contributed by atoms with Crippen LogP contribution in [0, 0.1) is 0 Å². The van der Waals surface area contributed by atoms with Crippen molar-refractivity contribution in [3.8, 4) is 0 Å². The first-order valence-electron chi connectivity index (χ1n) is 6.63. The van der Waals surface area contributed by atoms with Gasteiger partial charge in [-0.25, -0.2) is 4.79 Å². The highest BCUT2D eigenvalue weighted by atomic mass is 16.7. The van der Waals surface area contributed by atoms with Gasteiger partial charge in [-0.2, -0.15) is 0 Å². The van der Waals surface area contributed by atoms with Gasteiger partial charge in [0, 0.05) is 14.2 Å². The van der Waals surface area contributed by atoms with Crippen LogP contribution in [0.5, 0.6) is 0 Å². The highest BCUT2D eigenvalue weighted by Crippen LogP contribution is 2.39. The van der Waals surface area contributed by atoms with E-state index in [-0.39, 0.29) is 13.2 Å². The molecule has 2 unspecified atom stereocenters. The van der Waals surface area contributed by atoms with Crippen molar-refractivity contribution in [2.45, 2.75) is 50.4 Å². The van der Waals surface area contributed by atoms with Crippen LogP contribution in [0.4, 0.5) is 4.79 Å². The van der Waals surface area contributed by atoms with E-state index in [2.05, 4.69) is 0 Å². The Morgan fingerprint density at radius 1 is 1.35 bits per heavy atom. The second kappa shape index (κ2) is 5.14. The summed E-state index contributed by atoms with van der Waals surface area (Å²) in [6.45, 7) is 5.67. The highest BCUT2D eigenvalue weighted by molar-refractivity contribution is 5.69. The zero-order valence-corrected chi connectivity index (χ0v) is 12.6. The van der Waals surface area contributed by atoms with Gasteiger partial charge in [-0.1, -0.05) is 0 Å². The summed E-state index contributed by atoms with van der Waals surface area (Å²) >= 11 is 0. The van der Waals surface area contributed by atoms with Gasteiger partial charge in [-0.15, -0.1) is 0 Å². The number of nitrogens with zero attached hydrogens (tertiary/aromatic N) is 1. The molecule has 2 rings (SSSR count). The van der Waals surface area contributed by atoms with Gasteiger partial charge in [0.15, 0.2) is 0 Å². The van der Waals surface area contributed by atoms with Gasteiger partial charge in [-0.3, -0.25) is 4.90 Å². The fourth-order valence-electron chi connectivity index (χ4n) is 2.75. The summed E-state index contributed by atoms with van der Waals surface area (Å²) in [5, 5.41) is 10.1. The fraction of sp³-hybridized carbons (Fsp3) is 0.923. The maximum atomic E-state index is 12.3. The number of methoxy groups -OCH3 is 2. The quantitative estimate of drug-likeness (QED) is 0.739. The average molecular weight is 289 g/mol. The summed E-state index contributed by atoms with van der Waals surface area (Å²) in [5.74, 6) is -1.07. The molecule has 116 valence electrons. The van der Waals surface area contributed by atoms with Gasteiger partial charge in [-0.05, 0) is 20.8 Å². The third kappa shape index (κ3) is 2.50. The fourth-order valence-corrected chi connectivity index (χ4v) is 2.75. The van der Waals surface area contributed by atoms with Gasteiger partial charge >= 0.3 is 6.09 Å². The molecule has 0 aromatic rings. The number of carbonyl (C=O) groups is 1. The summed E-state index contributed by atoms with van der Waals surface area (Å²) < 4.78 is 21.7. The molecule has 0 saturated carbocycles. The molecule has 7 nitrogen and oxygen atoms in total. The van der Waals surface area contributed by atoms with Gasteiger partial charge in [0.2, 0.25) is 5.79 Å². The molecule has 2 aliphatic rings. The summed E-state index contributed by atoms with van der Waals surface area (Å²) in [6, 6.07) is -0.526. The maximum Gasteiger partial charge on any atom is 0.410 e. The van der Waals surface area contributed by atoms with Gasteiger partial charge in [0.1, 0.15) is 30.5 Å². The molecule has 7 heteroatoms. The Labute approximate surface area is 118 Å². The minimum atomic E-state index is -1.07. The van der Waals surface area contributed by atoms with Crippen molar-refractivity contribution in [2.75, 3.05) is 27.4 Å². The summed E-state index contributed by atoms with van der Waals surface area (Å²) in [5.41, 5.74) is -0.609. The molecule has 3 atom stereocenters. The number of fused-ring (bicyclic) bond motifs is 1. The Bertz CT molecular complexity index is 376. The van der Waals surface area contributed by atoms with Crippen LogP contribution in [0.15, 0.2) is 0 Å². The first-order chi connectivity index (χ1) is 9.24. The molecule has 0 aliphatic carbocycles. The molecule has 2 aliphatic heterocycles. The third-order valence-electron chi connectivity index (χ3n) is 3.66. The number of aliphatic hydroxyl groups is 1. The smallest absolute Gasteiger partial charge is 0.410 e. The number of β-amino-alcohol motifs (C(OH)–C–C–N with tert-alkyl or cyclic N) is 1. The zero-order chi connectivity index (χ0) is 15.1. The first kappa shape index (κ1) is 15.5. The van der Waals surface area contributed by atoms with E-state index in [1.807, 2.05) is 0 Å². The normalized spacial score (nSPS) is 32.3. The van der Waals surface area contributed by atoms with Gasteiger partial charge in [0.25, 0.3) is 0 Å². The third-order valence-corrected chi connectivity index (χ3v) is 3.66. The van der Waals surface area contributed by atoms with E-state index < -0.39 is 35.7 Å². The lowest BCUT2D eigenvalue weighted by Gasteiger charge is -2.36. The van der Waals surface area contributed by atoms with Crippen LogP contribution in [0.3, 0.4) is 0 Å². The average Bonchev–Trinajstić information content (AvgIpc) is 2.87. The summed E-state index contributed by atoms with van der Waals surface area (Å²) in [7, 11) is 2.99. The lowest BCUT2D eigenvalue weighted by Crippen LogP contribution is -2.55. The molecule has 1 amide bonds. The monoisotopic (exact) mass is 289 g/mol. The van der Waals surface area contributed by atoms with Crippen molar-refractivity contribution in [3.63, 3.8) is 0 Å². The Hall–Kier alpha value is -0.890. The van der Waals surface area contributed by atoms with Crippen LogP contribution in [0.1, 0.15) is 20.8 Å². The van der Waals surface area contributed by atoms with Crippen molar-refractivity contribution in [1.29, 1.82) is 0 Å². The SMILES string of the molecule is COC1(OC)COC2C(O)CN(C(=O)OC(C)(C)C)[C@H]21. The lowest BCUT2D eigenvalue weighted by molar-refractivity contribution is -0.225. The molecule has 0 spiro atoms. The van der Waals surface area contributed by atoms with Gasteiger partial charge < -0.3 is 24.1 Å². The minimum Gasteiger partial charge on any atom is -0.444 e. The molecule has 2 saturated heterocycles. The maximum absolute atomic E-state index is 12.3. The molecule has 1 N–H and O–H groups in total. The van der Waals surface area contributed by atoms with Crippen molar-refractivity contribution in [1.82, 2.24) is 4.90 Å². The number of amides is 1. The Morgan fingerprint density at radius 3 is 2.45 bits per heavy atom. The Kier molecular flexibility index (Phi) is 3.98. The molecule has 0 radical (unpaired) electrons. The second-order valence-corrected chi connectivity index (χ2v) is 6.14. The molecular formula is C13H23NO6. The van der Waals surface area contributed by atoms with Crippen LogP contribution < -0.4 is 0 Å². The van der Waals surface area contributed by atoms with Crippen LogP contribution in [0.2, 0.25) is 0 Å². The van der Waals surface area contributed by atoms with Crippen molar-refractivity contribution < 1.29 is 28.8 Å². The molecular weight excluding hydrogens is 266 g/mol. The number of likely N-dealkylation sites (tertiary alicyclic amines) is 1. The molecule has 0 aromatic heterocycles. The van der Waals surface area contributed by atoms with E-state index in [0.29, 0.717) is 0 Å². The second-order valence-electron chi connectivity index (χ2n) is 6.14. The van der Waals surface area contributed by atoms with Crippen molar-refractivity contribution in [3.05, 3.63) is 0 Å².